The number of benzene rings is 2. The predicted molar refractivity (Wildman–Crippen MR) is 82.4 cm³/mol. The Balaban J connectivity index is 2.08. The molecule has 0 heterocycles. The number of nitrogens with one attached hydrogen (secondary N) is 1. The minimum absolute atomic E-state index is 0.245. The monoisotopic (exact) mass is 348 g/mol. The summed E-state index contributed by atoms with van der Waals surface area (Å²) in [7, 11) is 0. The van der Waals surface area contributed by atoms with Gasteiger partial charge in [-0.25, -0.2) is 0 Å². The quantitative estimate of drug-likeness (QED) is 0.838. The summed E-state index contributed by atoms with van der Waals surface area (Å²) in [6.45, 7) is 2.13. The number of nitriles is 1. The fourth-order valence-electron chi connectivity index (χ4n) is 1.73. The second-order valence-electron chi connectivity index (χ2n) is 4.11. The van der Waals surface area contributed by atoms with Gasteiger partial charge in [0.2, 0.25) is 0 Å². The third-order valence-electron chi connectivity index (χ3n) is 2.77. The molecule has 2 aromatic carbocycles. The minimum atomic E-state index is 0.245. The standard InChI is InChI=1S/C15H13IN2/c1-11(13-4-6-14(16)7-5-13)18-15-8-2-12(10-17)3-9-15/h2-9,11,18H,1H3. The Hall–Kier alpha value is -1.54. The molecule has 0 fully saturated rings. The van der Waals surface area contributed by atoms with Gasteiger partial charge in [0.25, 0.3) is 0 Å². The minimum Gasteiger partial charge on any atom is -0.379 e. The normalized spacial score (nSPS) is 11.6. The van der Waals surface area contributed by atoms with E-state index in [1.807, 2.05) is 24.3 Å². The van der Waals surface area contributed by atoms with E-state index in [1.165, 1.54) is 9.13 Å². The first-order chi connectivity index (χ1) is 8.69. The highest BCUT2D eigenvalue weighted by Gasteiger charge is 2.04. The van der Waals surface area contributed by atoms with Gasteiger partial charge in [-0.3, -0.25) is 0 Å². The van der Waals surface area contributed by atoms with Crippen molar-refractivity contribution in [3.05, 3.63) is 63.2 Å². The second-order valence-corrected chi connectivity index (χ2v) is 5.35. The summed E-state index contributed by atoms with van der Waals surface area (Å²) in [6, 6.07) is 18.3. The molecule has 0 radical (unpaired) electrons. The van der Waals surface area contributed by atoms with Crippen molar-refractivity contribution in [3.8, 4) is 6.07 Å². The SMILES string of the molecule is CC(Nc1ccc(C#N)cc1)c1ccc(I)cc1. The van der Waals surface area contributed by atoms with E-state index in [1.54, 1.807) is 0 Å². The smallest absolute Gasteiger partial charge is 0.0991 e. The molecule has 1 atom stereocenters. The molecule has 90 valence electrons. The van der Waals surface area contributed by atoms with Crippen molar-refractivity contribution in [3.63, 3.8) is 0 Å². The van der Waals surface area contributed by atoms with E-state index >= 15 is 0 Å². The number of hydrogen-bond donors (Lipinski definition) is 1. The van der Waals surface area contributed by atoms with E-state index in [9.17, 15) is 0 Å². The van der Waals surface area contributed by atoms with Gasteiger partial charge in [0.15, 0.2) is 0 Å². The van der Waals surface area contributed by atoms with Gasteiger partial charge in [-0.05, 0) is 71.5 Å². The molecule has 0 aliphatic carbocycles. The molecule has 0 spiro atoms. The lowest BCUT2D eigenvalue weighted by Gasteiger charge is -2.15. The van der Waals surface area contributed by atoms with Crippen LogP contribution >= 0.6 is 22.6 Å². The van der Waals surface area contributed by atoms with Crippen LogP contribution in [0, 0.1) is 14.9 Å². The van der Waals surface area contributed by atoms with Gasteiger partial charge >= 0.3 is 0 Å². The van der Waals surface area contributed by atoms with Crippen LogP contribution in [0.4, 0.5) is 5.69 Å². The van der Waals surface area contributed by atoms with E-state index in [2.05, 4.69) is 65.2 Å². The molecule has 1 N–H and O–H groups in total. The van der Waals surface area contributed by atoms with E-state index in [4.69, 9.17) is 5.26 Å². The van der Waals surface area contributed by atoms with Crippen LogP contribution in [0.25, 0.3) is 0 Å². The summed E-state index contributed by atoms with van der Waals surface area (Å²) in [6.07, 6.45) is 0. The van der Waals surface area contributed by atoms with Crippen molar-refractivity contribution in [2.75, 3.05) is 5.32 Å². The Morgan fingerprint density at radius 2 is 1.67 bits per heavy atom. The van der Waals surface area contributed by atoms with E-state index in [0.29, 0.717) is 5.56 Å². The first-order valence-electron chi connectivity index (χ1n) is 5.71. The van der Waals surface area contributed by atoms with Gasteiger partial charge in [0.1, 0.15) is 0 Å². The van der Waals surface area contributed by atoms with E-state index < -0.39 is 0 Å². The van der Waals surface area contributed by atoms with Gasteiger partial charge in [-0.2, -0.15) is 5.26 Å². The summed E-state index contributed by atoms with van der Waals surface area (Å²) in [4.78, 5) is 0. The molecule has 0 aromatic heterocycles. The van der Waals surface area contributed by atoms with E-state index in [-0.39, 0.29) is 6.04 Å². The Morgan fingerprint density at radius 1 is 1.06 bits per heavy atom. The molecule has 2 rings (SSSR count). The maximum atomic E-state index is 8.74. The molecule has 0 saturated heterocycles. The number of anilines is 1. The number of rotatable bonds is 3. The molecule has 0 bridgehead atoms. The highest BCUT2D eigenvalue weighted by molar-refractivity contribution is 14.1. The fourth-order valence-corrected chi connectivity index (χ4v) is 2.09. The molecule has 0 aliphatic rings. The highest BCUT2D eigenvalue weighted by Crippen LogP contribution is 2.20. The molecule has 18 heavy (non-hydrogen) atoms. The predicted octanol–water partition coefficient (Wildman–Crippen LogP) is 4.34. The van der Waals surface area contributed by atoms with Crippen LogP contribution in [0.5, 0.6) is 0 Å². The van der Waals surface area contributed by atoms with Crippen molar-refractivity contribution in [2.45, 2.75) is 13.0 Å². The van der Waals surface area contributed by atoms with Crippen LogP contribution in [0.15, 0.2) is 48.5 Å². The Morgan fingerprint density at radius 3 is 2.22 bits per heavy atom. The van der Waals surface area contributed by atoms with Gasteiger partial charge < -0.3 is 5.32 Å². The molecule has 0 aliphatic heterocycles. The molecular formula is C15H13IN2. The van der Waals surface area contributed by atoms with Crippen LogP contribution in [-0.4, -0.2) is 0 Å². The molecule has 2 nitrogen and oxygen atoms in total. The Bertz CT molecular complexity index is 553. The maximum absolute atomic E-state index is 8.74. The molecule has 0 saturated carbocycles. The molecular weight excluding hydrogens is 335 g/mol. The van der Waals surface area contributed by atoms with Crippen LogP contribution in [0.1, 0.15) is 24.1 Å². The first kappa shape index (κ1) is 12.9. The zero-order chi connectivity index (χ0) is 13.0. The van der Waals surface area contributed by atoms with Crippen molar-refractivity contribution >= 4 is 28.3 Å². The molecule has 0 amide bonds. The lowest BCUT2D eigenvalue weighted by molar-refractivity contribution is 0.884. The summed E-state index contributed by atoms with van der Waals surface area (Å²) in [5.74, 6) is 0. The molecule has 3 heteroatoms. The summed E-state index contributed by atoms with van der Waals surface area (Å²) in [5, 5.41) is 12.2. The summed E-state index contributed by atoms with van der Waals surface area (Å²) in [5.41, 5.74) is 2.96. The van der Waals surface area contributed by atoms with Crippen LogP contribution in [-0.2, 0) is 0 Å². The second kappa shape index (κ2) is 5.87. The average molecular weight is 348 g/mol. The number of halogens is 1. The van der Waals surface area contributed by atoms with Gasteiger partial charge in [0.05, 0.1) is 11.6 Å². The molecule has 2 aromatic rings. The van der Waals surface area contributed by atoms with Crippen molar-refractivity contribution in [1.29, 1.82) is 5.26 Å². The van der Waals surface area contributed by atoms with Crippen LogP contribution in [0.2, 0.25) is 0 Å². The summed E-state index contributed by atoms with van der Waals surface area (Å²) >= 11 is 2.30. The third kappa shape index (κ3) is 3.23. The summed E-state index contributed by atoms with van der Waals surface area (Å²) < 4.78 is 1.24. The highest BCUT2D eigenvalue weighted by atomic mass is 127. The Labute approximate surface area is 121 Å². The lowest BCUT2D eigenvalue weighted by Crippen LogP contribution is -2.06. The zero-order valence-electron chi connectivity index (χ0n) is 10.0. The third-order valence-corrected chi connectivity index (χ3v) is 3.49. The van der Waals surface area contributed by atoms with Gasteiger partial charge in [-0.15, -0.1) is 0 Å². The van der Waals surface area contributed by atoms with Gasteiger partial charge in [0, 0.05) is 15.3 Å². The number of nitrogens with zero attached hydrogens (tertiary/aromatic N) is 1. The Kier molecular flexibility index (Phi) is 4.21. The van der Waals surface area contributed by atoms with Crippen molar-refractivity contribution in [2.24, 2.45) is 0 Å². The average Bonchev–Trinajstić information content (AvgIpc) is 2.40. The largest absolute Gasteiger partial charge is 0.379 e. The van der Waals surface area contributed by atoms with Gasteiger partial charge in [-0.1, -0.05) is 12.1 Å². The van der Waals surface area contributed by atoms with Crippen molar-refractivity contribution in [1.82, 2.24) is 0 Å². The number of hydrogen-bond acceptors (Lipinski definition) is 2. The molecule has 1 unspecified atom stereocenters. The maximum Gasteiger partial charge on any atom is 0.0991 e. The lowest BCUT2D eigenvalue weighted by atomic mass is 10.1. The van der Waals surface area contributed by atoms with Crippen LogP contribution in [0.3, 0.4) is 0 Å². The zero-order valence-corrected chi connectivity index (χ0v) is 12.2. The van der Waals surface area contributed by atoms with Crippen molar-refractivity contribution < 1.29 is 0 Å². The first-order valence-corrected chi connectivity index (χ1v) is 6.79. The van der Waals surface area contributed by atoms with E-state index in [0.717, 1.165) is 5.69 Å². The fraction of sp³-hybridized carbons (Fsp3) is 0.133. The topological polar surface area (TPSA) is 35.8 Å². The van der Waals surface area contributed by atoms with Crippen LogP contribution < -0.4 is 5.32 Å².